The Morgan fingerprint density at radius 1 is 0.895 bits per heavy atom. The van der Waals surface area contributed by atoms with E-state index in [4.69, 9.17) is 19.4 Å². The molecule has 19 heavy (non-hydrogen) atoms. The molecule has 4 unspecified atom stereocenters. The van der Waals surface area contributed by atoms with Gasteiger partial charge in [-0.2, -0.15) is 0 Å². The Kier molecular flexibility index (Phi) is 13.9. The van der Waals surface area contributed by atoms with Crippen molar-refractivity contribution in [2.24, 2.45) is 29.6 Å². The Labute approximate surface area is 137 Å². The summed E-state index contributed by atoms with van der Waals surface area (Å²) >= 11 is -0.226. The number of nitrogens with zero attached hydrogens (tertiary/aromatic N) is 1. The molecule has 1 aliphatic carbocycles. The predicted octanol–water partition coefficient (Wildman–Crippen LogP) is 5.33. The van der Waals surface area contributed by atoms with Crippen LogP contribution in [0, 0.1) is 37.0 Å². The molecule has 1 nitrogen and oxygen atoms in total. The average molecular weight is 400 g/mol. The van der Waals surface area contributed by atoms with Crippen LogP contribution in [0.1, 0.15) is 40.5 Å². The molecule has 1 rings (SSSR count). The van der Waals surface area contributed by atoms with Crippen LogP contribution in [0.15, 0.2) is 0 Å². The van der Waals surface area contributed by atoms with Crippen molar-refractivity contribution < 1.29 is 15.1 Å². The SMILES string of the molecule is CC1C(C)C(C)C(CCCN(C)C)C1C.[CH3-].[Cl][Rh][Cl]. The van der Waals surface area contributed by atoms with E-state index < -0.39 is 0 Å². The minimum absolute atomic E-state index is 0. The third-order valence-corrected chi connectivity index (χ3v) is 4.98. The fourth-order valence-corrected chi connectivity index (χ4v) is 3.39. The van der Waals surface area contributed by atoms with Crippen molar-refractivity contribution in [2.75, 3.05) is 20.6 Å². The summed E-state index contributed by atoms with van der Waals surface area (Å²) in [4.78, 5) is 2.30. The van der Waals surface area contributed by atoms with Crippen LogP contribution in [0.5, 0.6) is 0 Å². The van der Waals surface area contributed by atoms with E-state index in [-0.39, 0.29) is 22.6 Å². The molecule has 0 aromatic carbocycles. The van der Waals surface area contributed by atoms with E-state index in [1.54, 1.807) is 0 Å². The third kappa shape index (κ3) is 7.65. The molecule has 0 bridgehead atoms. The Morgan fingerprint density at radius 2 is 1.26 bits per heavy atom. The third-order valence-electron chi connectivity index (χ3n) is 4.98. The van der Waals surface area contributed by atoms with Crippen LogP contribution < -0.4 is 0 Å². The van der Waals surface area contributed by atoms with Gasteiger partial charge in [-0.05, 0) is 63.1 Å². The van der Waals surface area contributed by atoms with Gasteiger partial charge in [-0.15, -0.1) is 0 Å². The van der Waals surface area contributed by atoms with E-state index in [2.05, 4.69) is 46.7 Å². The monoisotopic (exact) mass is 399 g/mol. The van der Waals surface area contributed by atoms with Gasteiger partial charge in [-0.3, -0.25) is 0 Å². The van der Waals surface area contributed by atoms with E-state index in [0.717, 1.165) is 29.6 Å². The molecule has 0 aromatic heterocycles. The van der Waals surface area contributed by atoms with Crippen LogP contribution in [0.4, 0.5) is 0 Å². The van der Waals surface area contributed by atoms with Gasteiger partial charge in [0.05, 0.1) is 0 Å². The van der Waals surface area contributed by atoms with Gasteiger partial charge in [0.15, 0.2) is 0 Å². The van der Waals surface area contributed by atoms with Crippen molar-refractivity contribution in [1.82, 2.24) is 4.90 Å². The maximum atomic E-state index is 4.83. The summed E-state index contributed by atoms with van der Waals surface area (Å²) < 4.78 is 0. The number of halogens is 2. The van der Waals surface area contributed by atoms with Crippen molar-refractivity contribution in [2.45, 2.75) is 40.5 Å². The molecular weight excluding hydrogens is 368 g/mol. The molecule has 4 atom stereocenters. The minimum atomic E-state index is -0.226. The van der Waals surface area contributed by atoms with Crippen molar-refractivity contribution in [3.05, 3.63) is 7.43 Å². The van der Waals surface area contributed by atoms with Crippen LogP contribution in [0.25, 0.3) is 0 Å². The summed E-state index contributed by atoms with van der Waals surface area (Å²) in [5, 5.41) is 0. The first-order chi connectivity index (χ1) is 8.36. The van der Waals surface area contributed by atoms with Crippen LogP contribution in [-0.2, 0) is 15.1 Å². The molecule has 0 radical (unpaired) electrons. The molecule has 0 aliphatic heterocycles. The summed E-state index contributed by atoms with van der Waals surface area (Å²) in [6.45, 7) is 11.1. The second-order valence-electron chi connectivity index (χ2n) is 6.09. The molecule has 0 N–H and O–H groups in total. The zero-order chi connectivity index (χ0) is 14.3. The summed E-state index contributed by atoms with van der Waals surface area (Å²) in [6, 6.07) is 0. The summed E-state index contributed by atoms with van der Waals surface area (Å²) in [5.74, 6) is 4.66. The topological polar surface area (TPSA) is 3.24 Å². The van der Waals surface area contributed by atoms with Crippen molar-refractivity contribution in [3.8, 4) is 0 Å². The molecule has 0 aromatic rings. The molecule has 1 saturated carbocycles. The molecule has 0 spiro atoms. The Bertz CT molecular complexity index is 200. The first kappa shape index (κ1) is 22.4. The van der Waals surface area contributed by atoms with Crippen LogP contribution in [0.2, 0.25) is 0 Å². The second kappa shape index (κ2) is 11.8. The fraction of sp³-hybridized carbons (Fsp3) is 0.933. The summed E-state index contributed by atoms with van der Waals surface area (Å²) in [6.07, 6.45) is 2.79. The van der Waals surface area contributed by atoms with Crippen LogP contribution in [-0.4, -0.2) is 25.5 Å². The zero-order valence-electron chi connectivity index (χ0n) is 13.5. The van der Waals surface area contributed by atoms with Gasteiger partial charge in [0.1, 0.15) is 0 Å². The normalized spacial score (nSPS) is 33.8. The molecule has 1 fully saturated rings. The van der Waals surface area contributed by atoms with E-state index in [0.29, 0.717) is 0 Å². The van der Waals surface area contributed by atoms with Gasteiger partial charge in [-0.25, -0.2) is 0 Å². The van der Waals surface area contributed by atoms with Gasteiger partial charge in [0.2, 0.25) is 0 Å². The van der Waals surface area contributed by atoms with Crippen molar-refractivity contribution in [1.29, 1.82) is 0 Å². The van der Waals surface area contributed by atoms with Crippen molar-refractivity contribution in [3.63, 3.8) is 0 Å². The fourth-order valence-electron chi connectivity index (χ4n) is 3.39. The number of hydrogen-bond acceptors (Lipinski definition) is 1. The molecule has 0 saturated heterocycles. The van der Waals surface area contributed by atoms with Crippen LogP contribution >= 0.6 is 19.4 Å². The molecule has 1 aliphatic rings. The molecule has 4 heteroatoms. The first-order valence-corrected chi connectivity index (χ1v) is 11.1. The maximum absolute atomic E-state index is 4.83. The average Bonchev–Trinajstić information content (AvgIpc) is 2.47. The quantitative estimate of drug-likeness (QED) is 0.456. The van der Waals surface area contributed by atoms with Gasteiger partial charge in [0.25, 0.3) is 0 Å². The van der Waals surface area contributed by atoms with Gasteiger partial charge in [-0.1, -0.05) is 27.7 Å². The van der Waals surface area contributed by atoms with Gasteiger partial charge in [0, 0.05) is 0 Å². The Morgan fingerprint density at radius 3 is 1.58 bits per heavy atom. The molecular formula is C15H32Cl2NRh-. The predicted molar refractivity (Wildman–Crippen MR) is 86.1 cm³/mol. The second-order valence-corrected chi connectivity index (χ2v) is 8.58. The van der Waals surface area contributed by atoms with Gasteiger partial charge < -0.3 is 12.3 Å². The van der Waals surface area contributed by atoms with Gasteiger partial charge >= 0.3 is 34.5 Å². The summed E-state index contributed by atoms with van der Waals surface area (Å²) in [5.41, 5.74) is 0. The molecule has 121 valence electrons. The van der Waals surface area contributed by atoms with E-state index in [9.17, 15) is 0 Å². The summed E-state index contributed by atoms with van der Waals surface area (Å²) in [7, 11) is 14.0. The van der Waals surface area contributed by atoms with E-state index in [1.807, 2.05) is 0 Å². The van der Waals surface area contributed by atoms with Crippen LogP contribution in [0.3, 0.4) is 0 Å². The number of rotatable bonds is 4. The molecule has 0 heterocycles. The van der Waals surface area contributed by atoms with E-state index >= 15 is 0 Å². The van der Waals surface area contributed by atoms with E-state index in [1.165, 1.54) is 19.4 Å². The number of hydrogen-bond donors (Lipinski definition) is 0. The van der Waals surface area contributed by atoms with Crippen molar-refractivity contribution >= 4 is 19.4 Å². The Balaban J connectivity index is 0. The Hall–Kier alpha value is 1.16. The first-order valence-electron chi connectivity index (χ1n) is 6.85. The standard InChI is InChI=1S/C14H29N.CH3.2ClH.Rh/c1-10-11(2)13(4)14(12(10)3)8-7-9-15(5)6;;;;/h10-14H,7-9H2,1-6H3;1H3;2*1H;/q;-1;;;+2/p-2. The zero-order valence-corrected chi connectivity index (χ0v) is 16.7. The molecule has 0 amide bonds.